The molecule has 1 aliphatic rings. The van der Waals surface area contributed by atoms with Crippen LogP contribution in [0.5, 0.6) is 5.75 Å². The minimum absolute atomic E-state index is 0.0870. The van der Waals surface area contributed by atoms with E-state index in [9.17, 15) is 19.5 Å². The van der Waals surface area contributed by atoms with Gasteiger partial charge in [0.1, 0.15) is 16.1 Å². The molecule has 132 valence electrons. The van der Waals surface area contributed by atoms with Crippen molar-refractivity contribution in [1.82, 2.24) is 4.90 Å². The number of rotatable bonds is 7. The Morgan fingerprint density at radius 1 is 1.36 bits per heavy atom. The second kappa shape index (κ2) is 8.13. The molecule has 0 aromatic heterocycles. The van der Waals surface area contributed by atoms with Crippen LogP contribution in [0.15, 0.2) is 29.2 Å². The standard InChI is InChI=1S/C16H15NO6S2/c1-23-11-5-3-2-4-9(11)8-12-14(20)17(16(24)25-12)10(15(21)22)6-7-13(18)19/h2-5,8,10H,6-7H2,1H3,(H,18,19)(H,21,22). The van der Waals surface area contributed by atoms with Gasteiger partial charge in [-0.25, -0.2) is 4.79 Å². The molecule has 1 aliphatic heterocycles. The molecule has 1 aromatic carbocycles. The third-order valence-corrected chi connectivity index (χ3v) is 4.81. The topological polar surface area (TPSA) is 104 Å². The Morgan fingerprint density at radius 2 is 2.04 bits per heavy atom. The van der Waals surface area contributed by atoms with E-state index in [-0.39, 0.29) is 22.1 Å². The number of hydrogen-bond donors (Lipinski definition) is 2. The van der Waals surface area contributed by atoms with Gasteiger partial charge in [-0.05, 0) is 18.6 Å². The summed E-state index contributed by atoms with van der Waals surface area (Å²) in [6.07, 6.45) is 0.979. The summed E-state index contributed by atoms with van der Waals surface area (Å²) in [5, 5.41) is 18.1. The van der Waals surface area contributed by atoms with E-state index in [4.69, 9.17) is 22.1 Å². The number of carbonyl (C=O) groups excluding carboxylic acids is 1. The number of hydrogen-bond acceptors (Lipinski definition) is 6. The second-order valence-electron chi connectivity index (χ2n) is 5.08. The molecule has 0 spiro atoms. The highest BCUT2D eigenvalue weighted by atomic mass is 32.2. The van der Waals surface area contributed by atoms with Gasteiger partial charge in [0, 0.05) is 12.0 Å². The van der Waals surface area contributed by atoms with Gasteiger partial charge in [-0.2, -0.15) is 0 Å². The van der Waals surface area contributed by atoms with Gasteiger partial charge in [-0.3, -0.25) is 14.5 Å². The summed E-state index contributed by atoms with van der Waals surface area (Å²) < 4.78 is 5.31. The average Bonchev–Trinajstić information content (AvgIpc) is 2.82. The first-order chi connectivity index (χ1) is 11.8. The molecule has 9 heteroatoms. The smallest absolute Gasteiger partial charge is 0.326 e. The van der Waals surface area contributed by atoms with Crippen LogP contribution in [0.4, 0.5) is 0 Å². The van der Waals surface area contributed by atoms with Crippen LogP contribution in [0.25, 0.3) is 6.08 Å². The van der Waals surface area contributed by atoms with Crippen LogP contribution in [-0.2, 0) is 14.4 Å². The van der Waals surface area contributed by atoms with Gasteiger partial charge < -0.3 is 14.9 Å². The molecule has 2 N–H and O–H groups in total. The van der Waals surface area contributed by atoms with Crippen LogP contribution in [-0.4, -0.2) is 50.4 Å². The highest BCUT2D eigenvalue weighted by Gasteiger charge is 2.40. The molecule has 0 radical (unpaired) electrons. The Balaban J connectivity index is 2.30. The Hall–Kier alpha value is -2.39. The van der Waals surface area contributed by atoms with Gasteiger partial charge in [-0.15, -0.1) is 0 Å². The monoisotopic (exact) mass is 381 g/mol. The Morgan fingerprint density at radius 3 is 2.64 bits per heavy atom. The van der Waals surface area contributed by atoms with Crippen molar-refractivity contribution >= 4 is 52.2 Å². The number of para-hydroxylation sites is 1. The highest BCUT2D eigenvalue weighted by molar-refractivity contribution is 8.26. The first-order valence-corrected chi connectivity index (χ1v) is 8.42. The lowest BCUT2D eigenvalue weighted by molar-refractivity contribution is -0.146. The van der Waals surface area contributed by atoms with Crippen molar-refractivity contribution < 1.29 is 29.3 Å². The molecule has 1 amide bonds. The van der Waals surface area contributed by atoms with Gasteiger partial charge >= 0.3 is 11.9 Å². The number of thiocarbonyl (C=S) groups is 1. The van der Waals surface area contributed by atoms with Crippen LogP contribution in [0.2, 0.25) is 0 Å². The predicted molar refractivity (Wildman–Crippen MR) is 96.3 cm³/mol. The van der Waals surface area contributed by atoms with Crippen molar-refractivity contribution in [2.75, 3.05) is 7.11 Å². The average molecular weight is 381 g/mol. The minimum atomic E-state index is -1.31. The highest BCUT2D eigenvalue weighted by Crippen LogP contribution is 2.36. The lowest BCUT2D eigenvalue weighted by Gasteiger charge is -2.22. The van der Waals surface area contributed by atoms with E-state index in [1.807, 2.05) is 0 Å². The van der Waals surface area contributed by atoms with Crippen molar-refractivity contribution in [2.45, 2.75) is 18.9 Å². The van der Waals surface area contributed by atoms with Crippen molar-refractivity contribution in [3.8, 4) is 5.75 Å². The number of benzene rings is 1. The number of aliphatic carboxylic acids is 2. The predicted octanol–water partition coefficient (Wildman–Crippen LogP) is 2.21. The molecular formula is C16H15NO6S2. The number of thioether (sulfide) groups is 1. The van der Waals surface area contributed by atoms with E-state index in [1.165, 1.54) is 7.11 Å². The number of carboxylic acid groups (broad SMARTS) is 2. The first-order valence-electron chi connectivity index (χ1n) is 7.19. The van der Waals surface area contributed by atoms with E-state index in [1.54, 1.807) is 30.3 Å². The summed E-state index contributed by atoms with van der Waals surface area (Å²) in [6.45, 7) is 0. The molecule has 0 aliphatic carbocycles. The van der Waals surface area contributed by atoms with E-state index < -0.39 is 23.9 Å². The third kappa shape index (κ3) is 4.37. The summed E-state index contributed by atoms with van der Waals surface area (Å²) in [6, 6.07) is 5.74. The summed E-state index contributed by atoms with van der Waals surface area (Å²) in [5.74, 6) is -2.43. The number of carbonyl (C=O) groups is 3. The quantitative estimate of drug-likeness (QED) is 0.547. The molecule has 1 heterocycles. The van der Waals surface area contributed by atoms with Crippen LogP contribution in [0, 0.1) is 0 Å². The molecule has 1 atom stereocenters. The third-order valence-electron chi connectivity index (χ3n) is 3.48. The number of methoxy groups -OCH3 is 1. The summed E-state index contributed by atoms with van der Waals surface area (Å²) in [5.41, 5.74) is 0.655. The first kappa shape index (κ1) is 18.9. The zero-order chi connectivity index (χ0) is 18.6. The maximum atomic E-state index is 12.6. The van der Waals surface area contributed by atoms with Gasteiger partial charge in [-0.1, -0.05) is 42.2 Å². The van der Waals surface area contributed by atoms with Crippen LogP contribution in [0.3, 0.4) is 0 Å². The van der Waals surface area contributed by atoms with Crippen molar-refractivity contribution in [2.24, 2.45) is 0 Å². The van der Waals surface area contributed by atoms with Gasteiger partial charge in [0.25, 0.3) is 5.91 Å². The van der Waals surface area contributed by atoms with E-state index in [2.05, 4.69) is 0 Å². The van der Waals surface area contributed by atoms with Gasteiger partial charge in [0.05, 0.1) is 12.0 Å². The zero-order valence-electron chi connectivity index (χ0n) is 13.2. The number of carboxylic acids is 2. The molecular weight excluding hydrogens is 366 g/mol. The molecule has 0 saturated carbocycles. The molecule has 1 saturated heterocycles. The minimum Gasteiger partial charge on any atom is -0.496 e. The summed E-state index contributed by atoms with van der Waals surface area (Å²) in [4.78, 5) is 36.0. The molecule has 25 heavy (non-hydrogen) atoms. The number of ether oxygens (including phenoxy) is 1. The van der Waals surface area contributed by atoms with E-state index in [0.29, 0.717) is 11.3 Å². The fraction of sp³-hybridized carbons (Fsp3) is 0.250. The lowest BCUT2D eigenvalue weighted by atomic mass is 10.1. The van der Waals surface area contributed by atoms with Crippen LogP contribution in [0.1, 0.15) is 18.4 Å². The Bertz CT molecular complexity index is 761. The normalized spacial score (nSPS) is 17.0. The maximum absolute atomic E-state index is 12.6. The molecule has 1 aromatic rings. The fourth-order valence-corrected chi connectivity index (χ4v) is 3.65. The fourth-order valence-electron chi connectivity index (χ4n) is 2.30. The molecule has 2 rings (SSSR count). The number of amides is 1. The van der Waals surface area contributed by atoms with Crippen molar-refractivity contribution in [3.63, 3.8) is 0 Å². The molecule has 1 unspecified atom stereocenters. The van der Waals surface area contributed by atoms with Gasteiger partial charge in [0.15, 0.2) is 0 Å². The van der Waals surface area contributed by atoms with E-state index in [0.717, 1.165) is 16.7 Å². The second-order valence-corrected chi connectivity index (χ2v) is 6.76. The molecule has 0 bridgehead atoms. The van der Waals surface area contributed by atoms with E-state index >= 15 is 0 Å². The number of nitrogens with zero attached hydrogens (tertiary/aromatic N) is 1. The summed E-state index contributed by atoms with van der Waals surface area (Å²) >= 11 is 6.11. The molecule has 7 nitrogen and oxygen atoms in total. The van der Waals surface area contributed by atoms with Crippen LogP contribution >= 0.6 is 24.0 Å². The summed E-state index contributed by atoms with van der Waals surface area (Å²) in [7, 11) is 1.50. The van der Waals surface area contributed by atoms with Gasteiger partial charge in [0.2, 0.25) is 0 Å². The lowest BCUT2D eigenvalue weighted by Crippen LogP contribution is -2.44. The van der Waals surface area contributed by atoms with Crippen LogP contribution < -0.4 is 4.74 Å². The zero-order valence-corrected chi connectivity index (χ0v) is 14.8. The van der Waals surface area contributed by atoms with Crippen molar-refractivity contribution in [3.05, 3.63) is 34.7 Å². The molecule has 1 fully saturated rings. The Kier molecular flexibility index (Phi) is 6.16. The van der Waals surface area contributed by atoms with Crippen molar-refractivity contribution in [1.29, 1.82) is 0 Å². The largest absolute Gasteiger partial charge is 0.496 e. The Labute approximate surface area is 153 Å². The maximum Gasteiger partial charge on any atom is 0.326 e. The SMILES string of the molecule is COc1ccccc1C=C1SC(=S)N(C(CCC(=O)O)C(=O)O)C1=O.